The van der Waals surface area contributed by atoms with Crippen LogP contribution < -0.4 is 5.32 Å². The predicted octanol–water partition coefficient (Wildman–Crippen LogP) is 4.99. The minimum atomic E-state index is 0.609. The van der Waals surface area contributed by atoms with Crippen molar-refractivity contribution in [2.24, 2.45) is 5.92 Å². The van der Waals surface area contributed by atoms with Crippen molar-refractivity contribution in [3.8, 4) is 0 Å². The summed E-state index contributed by atoms with van der Waals surface area (Å²) >= 11 is 0. The second-order valence-corrected chi connectivity index (χ2v) is 6.46. The van der Waals surface area contributed by atoms with E-state index in [9.17, 15) is 0 Å². The third-order valence-electron chi connectivity index (χ3n) is 3.96. The first kappa shape index (κ1) is 17.2. The van der Waals surface area contributed by atoms with Crippen LogP contribution in [0.25, 0.3) is 0 Å². The van der Waals surface area contributed by atoms with E-state index in [2.05, 4.69) is 57.3 Å². The standard InChI is InChI=1S/C19H33N/c1-5-6-7-18-10-12-19(13-11-18)9-8-17(4)14-15-20-16(2)3/h10-13,16-17,20H,5-9,14-15H2,1-4H3. The van der Waals surface area contributed by atoms with E-state index in [4.69, 9.17) is 0 Å². The summed E-state index contributed by atoms with van der Waals surface area (Å²) in [5, 5.41) is 3.50. The number of nitrogens with one attached hydrogen (secondary N) is 1. The van der Waals surface area contributed by atoms with Crippen molar-refractivity contribution >= 4 is 0 Å². The van der Waals surface area contributed by atoms with Gasteiger partial charge in [-0.1, -0.05) is 58.4 Å². The maximum atomic E-state index is 3.50. The van der Waals surface area contributed by atoms with Gasteiger partial charge in [-0.25, -0.2) is 0 Å². The Hall–Kier alpha value is -0.820. The van der Waals surface area contributed by atoms with E-state index in [-0.39, 0.29) is 0 Å². The van der Waals surface area contributed by atoms with Crippen LogP contribution in [-0.4, -0.2) is 12.6 Å². The molecule has 0 aliphatic heterocycles. The molecule has 1 atom stereocenters. The monoisotopic (exact) mass is 275 g/mol. The van der Waals surface area contributed by atoms with Crippen LogP contribution in [0.4, 0.5) is 0 Å². The molecular weight excluding hydrogens is 242 g/mol. The van der Waals surface area contributed by atoms with E-state index in [0.29, 0.717) is 6.04 Å². The minimum absolute atomic E-state index is 0.609. The first-order chi connectivity index (χ1) is 9.61. The van der Waals surface area contributed by atoms with Crippen molar-refractivity contribution in [3.63, 3.8) is 0 Å². The third-order valence-corrected chi connectivity index (χ3v) is 3.96. The van der Waals surface area contributed by atoms with Crippen LogP contribution in [0.5, 0.6) is 0 Å². The highest BCUT2D eigenvalue weighted by molar-refractivity contribution is 5.22. The third kappa shape index (κ3) is 7.69. The number of hydrogen-bond acceptors (Lipinski definition) is 1. The van der Waals surface area contributed by atoms with Crippen LogP contribution in [0.15, 0.2) is 24.3 Å². The molecule has 1 aromatic rings. The Bertz CT molecular complexity index is 339. The van der Waals surface area contributed by atoms with E-state index in [1.165, 1.54) is 49.7 Å². The molecule has 20 heavy (non-hydrogen) atoms. The number of aryl methyl sites for hydroxylation is 2. The molecule has 0 aliphatic rings. The van der Waals surface area contributed by atoms with E-state index in [0.717, 1.165) is 12.5 Å². The first-order valence-corrected chi connectivity index (χ1v) is 8.43. The van der Waals surface area contributed by atoms with E-state index >= 15 is 0 Å². The van der Waals surface area contributed by atoms with Crippen LogP contribution in [0.1, 0.15) is 64.5 Å². The summed E-state index contributed by atoms with van der Waals surface area (Å²) in [6.07, 6.45) is 7.62. The Labute approximate surface area is 126 Å². The molecule has 0 amide bonds. The van der Waals surface area contributed by atoms with Crippen LogP contribution >= 0.6 is 0 Å². The quantitative estimate of drug-likeness (QED) is 0.634. The van der Waals surface area contributed by atoms with Crippen molar-refractivity contribution in [3.05, 3.63) is 35.4 Å². The SMILES string of the molecule is CCCCc1ccc(CCC(C)CCNC(C)C)cc1. The van der Waals surface area contributed by atoms with E-state index < -0.39 is 0 Å². The van der Waals surface area contributed by atoms with Gasteiger partial charge in [0.15, 0.2) is 0 Å². The van der Waals surface area contributed by atoms with Gasteiger partial charge in [0.1, 0.15) is 0 Å². The van der Waals surface area contributed by atoms with Gasteiger partial charge in [-0.15, -0.1) is 0 Å². The van der Waals surface area contributed by atoms with Crippen LogP contribution in [-0.2, 0) is 12.8 Å². The molecule has 1 heteroatoms. The van der Waals surface area contributed by atoms with Gasteiger partial charge in [-0.05, 0) is 55.7 Å². The maximum Gasteiger partial charge on any atom is 0.00103 e. The second kappa shape index (κ2) is 9.99. The molecule has 1 N–H and O–H groups in total. The highest BCUT2D eigenvalue weighted by Gasteiger charge is 2.03. The van der Waals surface area contributed by atoms with Crippen molar-refractivity contribution in [2.45, 2.75) is 72.3 Å². The fraction of sp³-hybridized carbons (Fsp3) is 0.684. The van der Waals surface area contributed by atoms with Gasteiger partial charge in [0.2, 0.25) is 0 Å². The average molecular weight is 275 g/mol. The summed E-state index contributed by atoms with van der Waals surface area (Å²) in [5.41, 5.74) is 2.98. The number of unbranched alkanes of at least 4 members (excludes halogenated alkanes) is 1. The topological polar surface area (TPSA) is 12.0 Å². The van der Waals surface area contributed by atoms with Gasteiger partial charge in [-0.2, -0.15) is 0 Å². The molecule has 0 bridgehead atoms. The summed E-state index contributed by atoms with van der Waals surface area (Å²) in [6, 6.07) is 9.89. The second-order valence-electron chi connectivity index (χ2n) is 6.46. The Morgan fingerprint density at radius 2 is 1.50 bits per heavy atom. The summed E-state index contributed by atoms with van der Waals surface area (Å²) in [6.45, 7) is 10.2. The summed E-state index contributed by atoms with van der Waals surface area (Å²) in [5.74, 6) is 0.806. The van der Waals surface area contributed by atoms with Gasteiger partial charge in [0.25, 0.3) is 0 Å². The van der Waals surface area contributed by atoms with Crippen molar-refractivity contribution < 1.29 is 0 Å². The highest BCUT2D eigenvalue weighted by atomic mass is 14.9. The molecule has 0 saturated carbocycles. The average Bonchev–Trinajstić information content (AvgIpc) is 2.43. The molecule has 1 unspecified atom stereocenters. The smallest absolute Gasteiger partial charge is 0.00103 e. The van der Waals surface area contributed by atoms with Gasteiger partial charge < -0.3 is 5.32 Å². The van der Waals surface area contributed by atoms with Gasteiger partial charge in [-0.3, -0.25) is 0 Å². The van der Waals surface area contributed by atoms with E-state index in [1.54, 1.807) is 0 Å². The number of hydrogen-bond donors (Lipinski definition) is 1. The zero-order valence-corrected chi connectivity index (χ0v) is 13.9. The molecule has 0 aliphatic carbocycles. The Balaban J connectivity index is 2.23. The highest BCUT2D eigenvalue weighted by Crippen LogP contribution is 2.14. The fourth-order valence-electron chi connectivity index (χ4n) is 2.43. The minimum Gasteiger partial charge on any atom is -0.315 e. The molecule has 0 spiro atoms. The largest absolute Gasteiger partial charge is 0.315 e. The summed E-state index contributed by atoms with van der Waals surface area (Å²) < 4.78 is 0. The molecule has 114 valence electrons. The fourth-order valence-corrected chi connectivity index (χ4v) is 2.43. The van der Waals surface area contributed by atoms with Crippen molar-refractivity contribution in [2.75, 3.05) is 6.54 Å². The van der Waals surface area contributed by atoms with Crippen molar-refractivity contribution in [1.82, 2.24) is 5.32 Å². The molecule has 1 aromatic carbocycles. The Kier molecular flexibility index (Phi) is 8.60. The number of rotatable bonds is 10. The van der Waals surface area contributed by atoms with Gasteiger partial charge >= 0.3 is 0 Å². The number of benzene rings is 1. The molecule has 0 radical (unpaired) electrons. The lowest BCUT2D eigenvalue weighted by Crippen LogP contribution is -2.24. The van der Waals surface area contributed by atoms with Crippen LogP contribution in [0.2, 0.25) is 0 Å². The Morgan fingerprint density at radius 3 is 2.05 bits per heavy atom. The molecule has 1 nitrogen and oxygen atoms in total. The normalized spacial score (nSPS) is 12.8. The Morgan fingerprint density at radius 1 is 0.900 bits per heavy atom. The zero-order valence-electron chi connectivity index (χ0n) is 13.9. The van der Waals surface area contributed by atoms with Gasteiger partial charge in [0, 0.05) is 6.04 Å². The lowest BCUT2D eigenvalue weighted by atomic mass is 9.97. The molecule has 1 rings (SSSR count). The maximum absolute atomic E-state index is 3.50. The first-order valence-electron chi connectivity index (χ1n) is 8.43. The van der Waals surface area contributed by atoms with Crippen LogP contribution in [0, 0.1) is 5.92 Å². The van der Waals surface area contributed by atoms with Gasteiger partial charge in [0.05, 0.1) is 0 Å². The lowest BCUT2D eigenvalue weighted by molar-refractivity contribution is 0.454. The predicted molar refractivity (Wildman–Crippen MR) is 90.3 cm³/mol. The summed E-state index contributed by atoms with van der Waals surface area (Å²) in [7, 11) is 0. The molecule has 0 fully saturated rings. The zero-order chi connectivity index (χ0) is 14.8. The molecular formula is C19H33N. The van der Waals surface area contributed by atoms with E-state index in [1.807, 2.05) is 0 Å². The molecule has 0 heterocycles. The van der Waals surface area contributed by atoms with Crippen molar-refractivity contribution in [1.29, 1.82) is 0 Å². The molecule has 0 saturated heterocycles. The van der Waals surface area contributed by atoms with Crippen LogP contribution in [0.3, 0.4) is 0 Å². The molecule has 0 aromatic heterocycles. The lowest BCUT2D eigenvalue weighted by Gasteiger charge is -2.13. The summed E-state index contributed by atoms with van der Waals surface area (Å²) in [4.78, 5) is 0.